The van der Waals surface area contributed by atoms with E-state index >= 15 is 0 Å². The molecule has 0 aliphatic rings. The zero-order chi connectivity index (χ0) is 16.1. The fourth-order valence-corrected chi connectivity index (χ4v) is 3.14. The van der Waals surface area contributed by atoms with Crippen LogP contribution in [0.2, 0.25) is 0 Å². The number of amides is 2. The van der Waals surface area contributed by atoms with Crippen LogP contribution in [-0.4, -0.2) is 18.4 Å². The van der Waals surface area contributed by atoms with E-state index in [4.69, 9.17) is 0 Å². The first-order valence-electron chi connectivity index (χ1n) is 6.89. The first kappa shape index (κ1) is 16.7. The maximum atomic E-state index is 11.8. The molecule has 0 aliphatic carbocycles. The normalized spacial score (nSPS) is 10.5. The van der Waals surface area contributed by atoms with Gasteiger partial charge >= 0.3 is 0 Å². The molecule has 0 fully saturated rings. The number of anilines is 1. The average molecular weight is 381 g/mol. The second kappa shape index (κ2) is 7.56. The molecule has 22 heavy (non-hydrogen) atoms. The number of carbonyl (C=O) groups excluding carboxylic acids is 2. The van der Waals surface area contributed by atoms with Crippen molar-refractivity contribution in [3.8, 4) is 0 Å². The van der Waals surface area contributed by atoms with Crippen LogP contribution in [0.5, 0.6) is 0 Å². The first-order chi connectivity index (χ1) is 10.5. The van der Waals surface area contributed by atoms with Gasteiger partial charge in [0.05, 0.1) is 15.2 Å². The van der Waals surface area contributed by atoms with Crippen molar-refractivity contribution in [3.63, 3.8) is 0 Å². The van der Waals surface area contributed by atoms with Crippen molar-refractivity contribution in [2.45, 2.75) is 19.8 Å². The average Bonchev–Trinajstić information content (AvgIpc) is 2.92. The Morgan fingerprint density at radius 1 is 1.14 bits per heavy atom. The van der Waals surface area contributed by atoms with Gasteiger partial charge in [-0.25, -0.2) is 0 Å². The Morgan fingerprint density at radius 2 is 1.82 bits per heavy atom. The minimum Gasteiger partial charge on any atom is -0.342 e. The fraction of sp³-hybridized carbons (Fsp3) is 0.250. The number of carbonyl (C=O) groups is 2. The summed E-state index contributed by atoms with van der Waals surface area (Å²) in [7, 11) is 0. The van der Waals surface area contributed by atoms with Crippen LogP contribution in [-0.2, 0) is 4.79 Å². The molecule has 4 nitrogen and oxygen atoms in total. The molecule has 0 aliphatic heterocycles. The maximum Gasteiger partial charge on any atom is 0.261 e. The quantitative estimate of drug-likeness (QED) is 0.823. The smallest absolute Gasteiger partial charge is 0.261 e. The highest BCUT2D eigenvalue weighted by atomic mass is 79.9. The zero-order valence-electron chi connectivity index (χ0n) is 12.4. The van der Waals surface area contributed by atoms with Crippen LogP contribution in [0.4, 0.5) is 5.69 Å². The van der Waals surface area contributed by atoms with Gasteiger partial charge in [0.25, 0.3) is 5.91 Å². The lowest BCUT2D eigenvalue weighted by Gasteiger charge is -2.09. The van der Waals surface area contributed by atoms with E-state index in [-0.39, 0.29) is 18.4 Å². The van der Waals surface area contributed by atoms with E-state index in [9.17, 15) is 9.59 Å². The Labute approximate surface area is 142 Å². The van der Waals surface area contributed by atoms with Gasteiger partial charge in [-0.1, -0.05) is 26.0 Å². The molecule has 0 saturated carbocycles. The Balaban J connectivity index is 1.84. The second-order valence-electron chi connectivity index (χ2n) is 5.11. The van der Waals surface area contributed by atoms with Crippen molar-refractivity contribution in [1.82, 2.24) is 5.32 Å². The molecule has 0 radical (unpaired) electrons. The Morgan fingerprint density at radius 3 is 2.36 bits per heavy atom. The first-order valence-corrected chi connectivity index (χ1v) is 8.50. The van der Waals surface area contributed by atoms with Gasteiger partial charge in [0, 0.05) is 5.69 Å². The number of thiophene rings is 1. The standard InChI is InChI=1S/C16H17BrN2O2S/c1-10(2)11-3-5-12(6-4-11)19-15(20)9-18-16(21)13-7-8-14(17)22-13/h3-8,10H,9H2,1-2H3,(H,18,21)(H,19,20). The monoisotopic (exact) mass is 380 g/mol. The third-order valence-electron chi connectivity index (χ3n) is 3.07. The molecule has 1 aromatic heterocycles. The largest absolute Gasteiger partial charge is 0.342 e. The third kappa shape index (κ3) is 4.68. The molecule has 0 saturated heterocycles. The Bertz CT molecular complexity index is 665. The van der Waals surface area contributed by atoms with Crippen molar-refractivity contribution >= 4 is 44.8 Å². The molecule has 2 amide bonds. The second-order valence-corrected chi connectivity index (χ2v) is 7.57. The zero-order valence-corrected chi connectivity index (χ0v) is 14.8. The van der Waals surface area contributed by atoms with Crippen molar-refractivity contribution in [2.24, 2.45) is 0 Å². The highest BCUT2D eigenvalue weighted by molar-refractivity contribution is 9.11. The highest BCUT2D eigenvalue weighted by Crippen LogP contribution is 2.21. The van der Waals surface area contributed by atoms with E-state index in [0.29, 0.717) is 10.8 Å². The van der Waals surface area contributed by atoms with Crippen molar-refractivity contribution in [1.29, 1.82) is 0 Å². The molecule has 116 valence electrons. The van der Waals surface area contributed by atoms with Gasteiger partial charge in [-0.3, -0.25) is 9.59 Å². The molecule has 0 atom stereocenters. The van der Waals surface area contributed by atoms with E-state index in [2.05, 4.69) is 40.4 Å². The number of halogens is 1. The molecule has 2 aromatic rings. The van der Waals surface area contributed by atoms with E-state index in [1.807, 2.05) is 24.3 Å². The highest BCUT2D eigenvalue weighted by Gasteiger charge is 2.10. The lowest BCUT2D eigenvalue weighted by molar-refractivity contribution is -0.115. The summed E-state index contributed by atoms with van der Waals surface area (Å²) in [5, 5.41) is 5.36. The molecule has 6 heteroatoms. The Hall–Kier alpha value is -1.66. The van der Waals surface area contributed by atoms with Crippen molar-refractivity contribution < 1.29 is 9.59 Å². The Kier molecular flexibility index (Phi) is 5.74. The van der Waals surface area contributed by atoms with Crippen molar-refractivity contribution in [3.05, 3.63) is 50.6 Å². The summed E-state index contributed by atoms with van der Waals surface area (Å²) >= 11 is 4.63. The third-order valence-corrected chi connectivity index (χ3v) is 4.69. The molecule has 2 rings (SSSR count). The molecular weight excluding hydrogens is 364 g/mol. The number of hydrogen-bond donors (Lipinski definition) is 2. The predicted octanol–water partition coefficient (Wildman–Crippen LogP) is 4.00. The summed E-state index contributed by atoms with van der Waals surface area (Å²) in [5.74, 6) is -0.0450. The van der Waals surface area contributed by atoms with Crippen molar-refractivity contribution in [2.75, 3.05) is 11.9 Å². The van der Waals surface area contributed by atoms with Crippen LogP contribution >= 0.6 is 27.3 Å². The van der Waals surface area contributed by atoms with Gasteiger partial charge in [-0.15, -0.1) is 11.3 Å². The molecular formula is C16H17BrN2O2S. The molecule has 0 bridgehead atoms. The lowest BCUT2D eigenvalue weighted by atomic mass is 10.0. The van der Waals surface area contributed by atoms with Gasteiger partial charge in [0.15, 0.2) is 0 Å². The fourth-order valence-electron chi connectivity index (χ4n) is 1.84. The minimum atomic E-state index is -0.249. The minimum absolute atomic E-state index is 0.0553. The SMILES string of the molecule is CC(C)c1ccc(NC(=O)CNC(=O)c2ccc(Br)s2)cc1. The van der Waals surface area contributed by atoms with E-state index in [0.717, 1.165) is 9.47 Å². The van der Waals surface area contributed by atoms with Crippen LogP contribution in [0, 0.1) is 0 Å². The lowest BCUT2D eigenvalue weighted by Crippen LogP contribution is -2.32. The molecule has 2 N–H and O–H groups in total. The molecule has 1 aromatic carbocycles. The molecule has 1 heterocycles. The van der Waals surface area contributed by atoms with Gasteiger partial charge in [0.2, 0.25) is 5.91 Å². The summed E-state index contributed by atoms with van der Waals surface area (Å²) in [6.45, 7) is 4.18. The number of nitrogens with one attached hydrogen (secondary N) is 2. The van der Waals surface area contributed by atoms with Crippen LogP contribution < -0.4 is 10.6 Å². The van der Waals surface area contributed by atoms with Gasteiger partial charge in [-0.2, -0.15) is 0 Å². The van der Waals surface area contributed by atoms with Gasteiger partial charge < -0.3 is 10.6 Å². The number of hydrogen-bond acceptors (Lipinski definition) is 3. The van der Waals surface area contributed by atoms with E-state index in [1.165, 1.54) is 16.9 Å². The molecule has 0 unspecified atom stereocenters. The summed E-state index contributed by atoms with van der Waals surface area (Å²) < 4.78 is 0.882. The topological polar surface area (TPSA) is 58.2 Å². The number of benzene rings is 1. The predicted molar refractivity (Wildman–Crippen MR) is 93.5 cm³/mol. The van der Waals surface area contributed by atoms with Gasteiger partial charge in [-0.05, 0) is 51.7 Å². The van der Waals surface area contributed by atoms with E-state index in [1.54, 1.807) is 12.1 Å². The van der Waals surface area contributed by atoms with Crippen LogP contribution in [0.3, 0.4) is 0 Å². The maximum absolute atomic E-state index is 11.8. The van der Waals surface area contributed by atoms with E-state index < -0.39 is 0 Å². The van der Waals surface area contributed by atoms with Crippen LogP contribution in [0.15, 0.2) is 40.2 Å². The van der Waals surface area contributed by atoms with Crippen LogP contribution in [0.1, 0.15) is 35.0 Å². The summed E-state index contributed by atoms with van der Waals surface area (Å²) in [4.78, 5) is 24.2. The molecule has 0 spiro atoms. The number of rotatable bonds is 5. The summed E-state index contributed by atoms with van der Waals surface area (Å²) in [5.41, 5.74) is 1.94. The van der Waals surface area contributed by atoms with Gasteiger partial charge in [0.1, 0.15) is 0 Å². The summed E-state index contributed by atoms with van der Waals surface area (Å²) in [6, 6.07) is 11.2. The summed E-state index contributed by atoms with van der Waals surface area (Å²) in [6.07, 6.45) is 0. The van der Waals surface area contributed by atoms with Crippen LogP contribution in [0.25, 0.3) is 0 Å².